The predicted octanol–water partition coefficient (Wildman–Crippen LogP) is 1.04. The van der Waals surface area contributed by atoms with Crippen LogP contribution in [-0.4, -0.2) is 32.8 Å². The number of amides is 1. The van der Waals surface area contributed by atoms with Gasteiger partial charge in [-0.15, -0.1) is 11.8 Å². The molecule has 1 N–H and O–H groups in total. The van der Waals surface area contributed by atoms with Gasteiger partial charge in [0.25, 0.3) is 0 Å². The highest BCUT2D eigenvalue weighted by Crippen LogP contribution is 2.44. The highest BCUT2D eigenvalue weighted by atomic mass is 32.2. The van der Waals surface area contributed by atoms with Gasteiger partial charge in [0.05, 0.1) is 11.8 Å². The summed E-state index contributed by atoms with van der Waals surface area (Å²) < 4.78 is 0. The second-order valence-electron chi connectivity index (χ2n) is 3.74. The fourth-order valence-electron chi connectivity index (χ4n) is 1.79. The molecule has 0 bridgehead atoms. The number of fused-ring (bicyclic) bond motifs is 1. The maximum atomic E-state index is 11.4. The van der Waals surface area contributed by atoms with Gasteiger partial charge in [0.15, 0.2) is 5.54 Å². The number of β-lactam (4-membered cyclic amide) rings is 1. The average Bonchev–Trinajstić information content (AvgIpc) is 2.08. The second-order valence-corrected chi connectivity index (χ2v) is 4.79. The van der Waals surface area contributed by atoms with Crippen molar-refractivity contribution in [1.29, 1.82) is 0 Å². The molecule has 2 rings (SSSR count). The number of rotatable bonds is 1. The van der Waals surface area contributed by atoms with Crippen LogP contribution in [0.2, 0.25) is 0 Å². The largest absolute Gasteiger partial charge is 0.479 e. The molecule has 1 fully saturated rings. The van der Waals surface area contributed by atoms with Crippen LogP contribution in [0.4, 0.5) is 0 Å². The molecule has 0 aromatic rings. The van der Waals surface area contributed by atoms with Gasteiger partial charge in [0, 0.05) is 0 Å². The molecule has 0 aromatic carbocycles. The molecule has 5 heteroatoms. The van der Waals surface area contributed by atoms with Gasteiger partial charge in [-0.25, -0.2) is 4.79 Å². The molecule has 1 amide bonds. The number of carbonyl (C=O) groups excluding carboxylic acids is 1. The van der Waals surface area contributed by atoms with Gasteiger partial charge in [0.2, 0.25) is 5.91 Å². The van der Waals surface area contributed by atoms with Crippen LogP contribution in [0, 0.1) is 0 Å². The first-order valence-electron chi connectivity index (χ1n) is 4.36. The quantitative estimate of drug-likeness (QED) is 0.661. The van der Waals surface area contributed by atoms with Gasteiger partial charge < -0.3 is 10.0 Å². The molecule has 2 unspecified atom stereocenters. The van der Waals surface area contributed by atoms with Crippen molar-refractivity contribution in [2.24, 2.45) is 0 Å². The van der Waals surface area contributed by atoms with E-state index in [1.54, 1.807) is 13.8 Å². The molecule has 76 valence electrons. The summed E-state index contributed by atoms with van der Waals surface area (Å²) in [5.74, 6) is -1.02. The van der Waals surface area contributed by atoms with Gasteiger partial charge in [-0.3, -0.25) is 4.79 Å². The summed E-state index contributed by atoms with van der Waals surface area (Å²) in [4.78, 5) is 24.0. The number of aliphatic carboxylic acids is 1. The second kappa shape index (κ2) is 2.76. The molecule has 2 heterocycles. The van der Waals surface area contributed by atoms with Crippen LogP contribution in [0.1, 0.15) is 20.3 Å². The fraction of sp³-hybridized carbons (Fsp3) is 0.556. The molecule has 0 aliphatic carbocycles. The molecule has 0 spiro atoms. The number of carbonyl (C=O) groups is 2. The summed E-state index contributed by atoms with van der Waals surface area (Å²) in [5, 5.41) is 11.0. The topological polar surface area (TPSA) is 57.6 Å². The molecule has 2 aliphatic rings. The van der Waals surface area contributed by atoms with Crippen molar-refractivity contribution in [3.63, 3.8) is 0 Å². The van der Waals surface area contributed by atoms with E-state index >= 15 is 0 Å². The molecule has 1 saturated heterocycles. The van der Waals surface area contributed by atoms with E-state index in [4.69, 9.17) is 5.11 Å². The number of nitrogens with zero attached hydrogens (tertiary/aromatic N) is 1. The number of carboxylic acids is 1. The van der Waals surface area contributed by atoms with Crippen molar-refractivity contribution in [3.05, 3.63) is 11.0 Å². The Morgan fingerprint density at radius 3 is 2.86 bits per heavy atom. The first kappa shape index (κ1) is 9.58. The highest BCUT2D eigenvalue weighted by Gasteiger charge is 2.55. The van der Waals surface area contributed by atoms with Crippen LogP contribution >= 0.6 is 11.8 Å². The third-order valence-electron chi connectivity index (χ3n) is 2.97. The Labute approximate surface area is 86.0 Å². The zero-order valence-electron chi connectivity index (χ0n) is 7.98. The summed E-state index contributed by atoms with van der Waals surface area (Å²) in [6.45, 7) is 3.34. The number of thioether (sulfide) groups is 1. The first-order valence-corrected chi connectivity index (χ1v) is 5.30. The first-order chi connectivity index (χ1) is 6.48. The summed E-state index contributed by atoms with van der Waals surface area (Å²) in [5.41, 5.74) is -0.412. The van der Waals surface area contributed by atoms with Gasteiger partial charge in [-0.05, 0) is 24.8 Å². The Balaban J connectivity index is 2.44. The minimum absolute atomic E-state index is 0.0206. The van der Waals surface area contributed by atoms with Crippen molar-refractivity contribution in [3.8, 4) is 0 Å². The normalized spacial score (nSPS) is 35.9. The Kier molecular flexibility index (Phi) is 1.89. The molecule has 2 atom stereocenters. The number of hydrogen-bond acceptors (Lipinski definition) is 3. The Morgan fingerprint density at radius 2 is 2.43 bits per heavy atom. The van der Waals surface area contributed by atoms with Crippen molar-refractivity contribution in [1.82, 2.24) is 4.90 Å². The molecular formula is C9H11NO3S. The number of hydrogen-bond donors (Lipinski definition) is 1. The minimum Gasteiger partial charge on any atom is -0.479 e. The van der Waals surface area contributed by atoms with Crippen molar-refractivity contribution in [2.75, 3.05) is 0 Å². The van der Waals surface area contributed by atoms with E-state index in [9.17, 15) is 9.59 Å². The summed E-state index contributed by atoms with van der Waals surface area (Å²) in [6, 6.07) is 0. The SMILES string of the molecule is CC1=CSC2CC(=O)N2C1(C)C(=O)O. The molecule has 0 radical (unpaired) electrons. The standard InChI is InChI=1S/C9H11NO3S/c1-5-4-14-7-3-6(11)10(7)9(5,2)8(12)13/h4,7H,3H2,1-2H3,(H,12,13). The van der Waals surface area contributed by atoms with Crippen LogP contribution in [0.15, 0.2) is 11.0 Å². The lowest BCUT2D eigenvalue weighted by molar-refractivity contribution is -0.163. The summed E-state index contributed by atoms with van der Waals surface area (Å²) in [7, 11) is 0. The zero-order valence-corrected chi connectivity index (χ0v) is 8.80. The highest BCUT2D eigenvalue weighted by molar-refractivity contribution is 8.02. The van der Waals surface area contributed by atoms with E-state index in [-0.39, 0.29) is 11.3 Å². The monoisotopic (exact) mass is 213 g/mol. The van der Waals surface area contributed by atoms with Crippen molar-refractivity contribution >= 4 is 23.6 Å². The third-order valence-corrected chi connectivity index (χ3v) is 4.16. The van der Waals surface area contributed by atoms with E-state index in [0.29, 0.717) is 6.42 Å². The Morgan fingerprint density at radius 1 is 1.79 bits per heavy atom. The van der Waals surface area contributed by atoms with Crippen molar-refractivity contribution in [2.45, 2.75) is 31.2 Å². The van der Waals surface area contributed by atoms with Crippen LogP contribution in [0.5, 0.6) is 0 Å². The van der Waals surface area contributed by atoms with E-state index < -0.39 is 11.5 Å². The Bertz CT molecular complexity index is 352. The van der Waals surface area contributed by atoms with Crippen LogP contribution in [-0.2, 0) is 9.59 Å². The van der Waals surface area contributed by atoms with Crippen LogP contribution in [0.3, 0.4) is 0 Å². The smallest absolute Gasteiger partial charge is 0.333 e. The maximum absolute atomic E-state index is 11.4. The lowest BCUT2D eigenvalue weighted by Gasteiger charge is -2.51. The van der Waals surface area contributed by atoms with E-state index in [2.05, 4.69) is 0 Å². The fourth-order valence-corrected chi connectivity index (χ4v) is 3.07. The predicted molar refractivity (Wildman–Crippen MR) is 52.6 cm³/mol. The van der Waals surface area contributed by atoms with E-state index in [1.165, 1.54) is 16.7 Å². The van der Waals surface area contributed by atoms with E-state index in [0.717, 1.165) is 5.57 Å². The molecular weight excluding hydrogens is 202 g/mol. The Hall–Kier alpha value is -0.970. The van der Waals surface area contributed by atoms with Crippen LogP contribution in [0.25, 0.3) is 0 Å². The molecule has 4 nitrogen and oxygen atoms in total. The van der Waals surface area contributed by atoms with Gasteiger partial charge in [0.1, 0.15) is 0 Å². The molecule has 2 aliphatic heterocycles. The molecule has 0 saturated carbocycles. The summed E-state index contributed by atoms with van der Waals surface area (Å²) >= 11 is 1.52. The minimum atomic E-state index is -1.13. The third kappa shape index (κ3) is 0.958. The zero-order chi connectivity index (χ0) is 10.5. The van der Waals surface area contributed by atoms with Gasteiger partial charge >= 0.3 is 5.97 Å². The maximum Gasteiger partial charge on any atom is 0.333 e. The van der Waals surface area contributed by atoms with Crippen molar-refractivity contribution < 1.29 is 14.7 Å². The van der Waals surface area contributed by atoms with Gasteiger partial charge in [-0.1, -0.05) is 0 Å². The molecule has 0 aromatic heterocycles. The van der Waals surface area contributed by atoms with E-state index in [1.807, 2.05) is 5.41 Å². The summed E-state index contributed by atoms with van der Waals surface area (Å²) in [6.07, 6.45) is 0.456. The average molecular weight is 213 g/mol. The van der Waals surface area contributed by atoms with Gasteiger partial charge in [-0.2, -0.15) is 0 Å². The van der Waals surface area contributed by atoms with Crippen LogP contribution < -0.4 is 0 Å². The lowest BCUT2D eigenvalue weighted by atomic mass is 9.88. The lowest BCUT2D eigenvalue weighted by Crippen LogP contribution is -2.66. The molecule has 14 heavy (non-hydrogen) atoms. The number of carboxylic acid groups (broad SMARTS) is 1.